The summed E-state index contributed by atoms with van der Waals surface area (Å²) in [6.45, 7) is -0.00331. The van der Waals surface area contributed by atoms with E-state index in [4.69, 9.17) is 43.7 Å². The maximum absolute atomic E-state index is 12.9. The summed E-state index contributed by atoms with van der Waals surface area (Å²) < 4.78 is 35.8. The molecule has 1 aliphatic heterocycles. The Morgan fingerprint density at radius 1 is 0.917 bits per heavy atom. The summed E-state index contributed by atoms with van der Waals surface area (Å²) >= 11 is 18.7. The highest BCUT2D eigenvalue weighted by atomic mass is 35.5. The Morgan fingerprint density at radius 3 is 2.28 bits per heavy atom. The Morgan fingerprint density at radius 2 is 1.61 bits per heavy atom. The molecule has 0 spiro atoms. The van der Waals surface area contributed by atoms with E-state index in [0.29, 0.717) is 26.2 Å². The number of amides is 2. The highest BCUT2D eigenvalue weighted by Crippen LogP contribution is 2.37. The lowest BCUT2D eigenvalue weighted by Gasteiger charge is -2.13. The third-order valence-corrected chi connectivity index (χ3v) is 8.00. The molecule has 4 rings (SSSR count). The first-order chi connectivity index (χ1) is 17.1. The summed E-state index contributed by atoms with van der Waals surface area (Å²) in [5.74, 6) is -0.413. The summed E-state index contributed by atoms with van der Waals surface area (Å²) in [4.78, 5) is 26.6. The maximum Gasteiger partial charge on any atom is 0.339 e. The zero-order valence-corrected chi connectivity index (χ0v) is 22.3. The molecule has 7 nitrogen and oxygen atoms in total. The number of halogens is 3. The van der Waals surface area contributed by atoms with E-state index in [-0.39, 0.29) is 27.8 Å². The number of hydrogen-bond donors (Lipinski definition) is 0. The molecule has 0 atom stereocenters. The van der Waals surface area contributed by atoms with E-state index in [2.05, 4.69) is 0 Å². The van der Waals surface area contributed by atoms with Gasteiger partial charge < -0.3 is 8.92 Å². The van der Waals surface area contributed by atoms with Crippen LogP contribution in [0.4, 0.5) is 4.79 Å². The predicted octanol–water partition coefficient (Wildman–Crippen LogP) is 6.66. The monoisotopic (exact) mass is 583 g/mol. The van der Waals surface area contributed by atoms with Gasteiger partial charge in [0.15, 0.2) is 11.5 Å². The zero-order valence-electron chi connectivity index (χ0n) is 18.4. The number of carbonyl (C=O) groups excluding carboxylic acids is 2. The smallest absolute Gasteiger partial charge is 0.339 e. The lowest BCUT2D eigenvalue weighted by atomic mass is 10.1. The van der Waals surface area contributed by atoms with E-state index in [1.54, 1.807) is 18.2 Å². The Bertz CT molecular complexity index is 1490. The minimum Gasteiger partial charge on any atom is -0.493 e. The molecule has 186 valence electrons. The van der Waals surface area contributed by atoms with Crippen molar-refractivity contribution in [2.24, 2.45) is 0 Å². The average Bonchev–Trinajstić information content (AvgIpc) is 3.09. The van der Waals surface area contributed by atoms with Crippen molar-refractivity contribution < 1.29 is 26.9 Å². The molecular weight excluding hydrogens is 569 g/mol. The third-order valence-electron chi connectivity index (χ3n) is 5.00. The van der Waals surface area contributed by atoms with E-state index >= 15 is 0 Å². The topological polar surface area (TPSA) is 90.0 Å². The van der Waals surface area contributed by atoms with Crippen LogP contribution in [-0.2, 0) is 21.5 Å². The van der Waals surface area contributed by atoms with Crippen LogP contribution in [0.25, 0.3) is 6.08 Å². The Labute approximate surface area is 226 Å². The molecule has 2 amide bonds. The number of ether oxygens (including phenoxy) is 1. The van der Waals surface area contributed by atoms with Gasteiger partial charge in [0.2, 0.25) is 0 Å². The largest absolute Gasteiger partial charge is 0.493 e. The fourth-order valence-electron chi connectivity index (χ4n) is 3.22. The van der Waals surface area contributed by atoms with Gasteiger partial charge in [0.25, 0.3) is 11.1 Å². The van der Waals surface area contributed by atoms with Crippen molar-refractivity contribution in [2.75, 3.05) is 7.11 Å². The van der Waals surface area contributed by atoms with Crippen molar-refractivity contribution in [1.82, 2.24) is 4.90 Å². The standard InChI is InChI=1S/C24H16Cl3NO6S2/c1-33-21-10-14(2-9-20(21)34-36(31,32)18-7-5-16(25)6-8-18)11-22-23(29)28(24(30)35-22)13-15-3-4-17(26)12-19(15)27/h2-12H,13H2,1H3/b22-11-. The molecule has 1 saturated heterocycles. The van der Waals surface area contributed by atoms with Gasteiger partial charge in [-0.1, -0.05) is 46.9 Å². The van der Waals surface area contributed by atoms with Crippen molar-refractivity contribution in [2.45, 2.75) is 11.4 Å². The number of carbonyl (C=O) groups is 2. The minimum absolute atomic E-state index is 0.00331. The summed E-state index contributed by atoms with van der Waals surface area (Å²) in [6, 6.07) is 14.8. The van der Waals surface area contributed by atoms with Gasteiger partial charge in [0.1, 0.15) is 4.90 Å². The second kappa shape index (κ2) is 10.7. The van der Waals surface area contributed by atoms with Crippen molar-refractivity contribution in [3.05, 3.63) is 91.8 Å². The molecule has 0 aliphatic carbocycles. The second-order valence-electron chi connectivity index (χ2n) is 7.41. The molecule has 0 saturated carbocycles. The Kier molecular flexibility index (Phi) is 7.87. The number of rotatable bonds is 7. The van der Waals surface area contributed by atoms with Crippen LogP contribution in [0.1, 0.15) is 11.1 Å². The van der Waals surface area contributed by atoms with Gasteiger partial charge in [-0.15, -0.1) is 0 Å². The van der Waals surface area contributed by atoms with Gasteiger partial charge in [-0.25, -0.2) is 0 Å². The SMILES string of the molecule is COc1cc(/C=C2\SC(=O)N(Cc3ccc(Cl)cc3Cl)C2=O)ccc1OS(=O)(=O)c1ccc(Cl)cc1. The van der Waals surface area contributed by atoms with Crippen molar-refractivity contribution in [3.8, 4) is 11.5 Å². The Hall–Kier alpha value is -2.69. The molecule has 1 aliphatic rings. The van der Waals surface area contributed by atoms with E-state index < -0.39 is 21.3 Å². The third kappa shape index (κ3) is 5.82. The zero-order chi connectivity index (χ0) is 26.0. The number of nitrogens with zero attached hydrogens (tertiary/aromatic N) is 1. The normalized spacial score (nSPS) is 15.0. The average molecular weight is 585 g/mol. The van der Waals surface area contributed by atoms with Gasteiger partial charge >= 0.3 is 10.1 Å². The first-order valence-electron chi connectivity index (χ1n) is 10.1. The van der Waals surface area contributed by atoms with Gasteiger partial charge in [-0.3, -0.25) is 14.5 Å². The van der Waals surface area contributed by atoms with E-state index in [9.17, 15) is 18.0 Å². The number of thioether (sulfide) groups is 1. The van der Waals surface area contributed by atoms with Crippen LogP contribution in [-0.4, -0.2) is 31.6 Å². The van der Waals surface area contributed by atoms with Gasteiger partial charge in [-0.05, 0) is 77.5 Å². The summed E-state index contributed by atoms with van der Waals surface area (Å²) in [7, 11) is -2.79. The number of imide groups is 1. The molecule has 12 heteroatoms. The predicted molar refractivity (Wildman–Crippen MR) is 140 cm³/mol. The van der Waals surface area contributed by atoms with Crippen molar-refractivity contribution in [1.29, 1.82) is 0 Å². The van der Waals surface area contributed by atoms with Crippen LogP contribution in [0.5, 0.6) is 11.5 Å². The fourth-order valence-corrected chi connectivity index (χ4v) is 5.59. The molecule has 0 radical (unpaired) electrons. The van der Waals surface area contributed by atoms with Crippen LogP contribution < -0.4 is 8.92 Å². The Balaban J connectivity index is 1.55. The number of methoxy groups -OCH3 is 1. The first-order valence-corrected chi connectivity index (χ1v) is 13.5. The molecule has 0 bridgehead atoms. The highest BCUT2D eigenvalue weighted by molar-refractivity contribution is 8.18. The van der Waals surface area contributed by atoms with Crippen LogP contribution in [0.2, 0.25) is 15.1 Å². The first kappa shape index (κ1) is 26.4. The fraction of sp³-hybridized carbons (Fsp3) is 0.0833. The molecule has 0 N–H and O–H groups in total. The summed E-state index contributed by atoms with van der Waals surface area (Å²) in [5.41, 5.74) is 1.08. The molecule has 1 fully saturated rings. The van der Waals surface area contributed by atoms with Crippen LogP contribution in [0.15, 0.2) is 70.5 Å². The van der Waals surface area contributed by atoms with E-state index in [0.717, 1.165) is 16.7 Å². The second-order valence-corrected chi connectivity index (χ2v) is 11.2. The lowest BCUT2D eigenvalue weighted by molar-refractivity contribution is -0.123. The minimum atomic E-state index is -4.14. The molecule has 3 aromatic rings. The summed E-state index contributed by atoms with van der Waals surface area (Å²) in [6.07, 6.45) is 1.51. The molecule has 1 heterocycles. The molecule has 3 aromatic carbocycles. The lowest BCUT2D eigenvalue weighted by Crippen LogP contribution is -2.27. The molecule has 36 heavy (non-hydrogen) atoms. The number of hydrogen-bond acceptors (Lipinski definition) is 7. The number of benzene rings is 3. The van der Waals surface area contributed by atoms with Crippen LogP contribution in [0, 0.1) is 0 Å². The summed E-state index contributed by atoms with van der Waals surface area (Å²) in [5, 5.41) is 0.731. The van der Waals surface area contributed by atoms with E-state index in [1.165, 1.54) is 55.7 Å². The van der Waals surface area contributed by atoms with Crippen LogP contribution >= 0.6 is 46.6 Å². The quantitative estimate of drug-likeness (QED) is 0.227. The van der Waals surface area contributed by atoms with Gasteiger partial charge in [-0.2, -0.15) is 8.42 Å². The van der Waals surface area contributed by atoms with Crippen molar-refractivity contribution in [3.63, 3.8) is 0 Å². The molecular formula is C24H16Cl3NO6S2. The van der Waals surface area contributed by atoms with Gasteiger partial charge in [0.05, 0.1) is 18.6 Å². The van der Waals surface area contributed by atoms with Gasteiger partial charge in [0, 0.05) is 15.1 Å². The van der Waals surface area contributed by atoms with Crippen LogP contribution in [0.3, 0.4) is 0 Å². The maximum atomic E-state index is 12.9. The van der Waals surface area contributed by atoms with Crippen molar-refractivity contribution >= 4 is 73.9 Å². The van der Waals surface area contributed by atoms with E-state index in [1.807, 2.05) is 0 Å². The molecule has 0 aromatic heterocycles. The molecule has 0 unspecified atom stereocenters. The highest BCUT2D eigenvalue weighted by Gasteiger charge is 2.35.